The van der Waals surface area contributed by atoms with Crippen molar-refractivity contribution in [1.29, 1.82) is 0 Å². The standard InChI is InChI=1S/C12H14F6N2O/c1-3-7(2)20-5-4-8(19-20)6-9(21)10(11(13,14)15)12(16,17)18/h4-5,7,10H,3,6H2,1-2H3. The number of hydrogen-bond acceptors (Lipinski definition) is 2. The van der Waals surface area contributed by atoms with E-state index in [0.29, 0.717) is 6.42 Å². The average Bonchev–Trinajstić information content (AvgIpc) is 2.72. The molecule has 0 saturated carbocycles. The predicted octanol–water partition coefficient (Wildman–Crippen LogP) is 3.71. The third-order valence-electron chi connectivity index (χ3n) is 3.04. The number of Topliss-reactive ketones (excluding diaryl/α,β-unsaturated/α-hetero) is 1. The van der Waals surface area contributed by atoms with Crippen LogP contribution in [0.4, 0.5) is 26.3 Å². The molecule has 0 N–H and O–H groups in total. The van der Waals surface area contributed by atoms with Crippen LogP contribution in [0.3, 0.4) is 0 Å². The molecule has 0 spiro atoms. The number of nitrogens with zero attached hydrogens (tertiary/aromatic N) is 2. The lowest BCUT2D eigenvalue weighted by molar-refractivity contribution is -0.273. The number of aromatic nitrogens is 2. The van der Waals surface area contributed by atoms with Gasteiger partial charge in [-0.3, -0.25) is 9.48 Å². The molecule has 3 nitrogen and oxygen atoms in total. The Labute approximate surface area is 116 Å². The van der Waals surface area contributed by atoms with Gasteiger partial charge in [0.1, 0.15) is 0 Å². The molecule has 1 aromatic heterocycles. The predicted molar refractivity (Wildman–Crippen MR) is 61.5 cm³/mol. The number of ketones is 1. The number of alkyl halides is 6. The van der Waals surface area contributed by atoms with Gasteiger partial charge in [0.25, 0.3) is 0 Å². The second-order valence-electron chi connectivity index (χ2n) is 4.70. The lowest BCUT2D eigenvalue weighted by atomic mass is 9.99. The SMILES string of the molecule is CCC(C)n1ccc(CC(=O)C(C(F)(F)F)C(F)(F)F)n1. The van der Waals surface area contributed by atoms with Gasteiger partial charge in [0.2, 0.25) is 5.92 Å². The van der Waals surface area contributed by atoms with Crippen molar-refractivity contribution in [3.63, 3.8) is 0 Å². The van der Waals surface area contributed by atoms with Crippen LogP contribution in [0.25, 0.3) is 0 Å². The van der Waals surface area contributed by atoms with Crippen molar-refractivity contribution in [2.75, 3.05) is 0 Å². The summed E-state index contributed by atoms with van der Waals surface area (Å²) in [6.45, 7) is 3.63. The number of carbonyl (C=O) groups is 1. The van der Waals surface area contributed by atoms with Crippen molar-refractivity contribution in [1.82, 2.24) is 9.78 Å². The van der Waals surface area contributed by atoms with E-state index < -0.39 is 30.5 Å². The molecule has 1 unspecified atom stereocenters. The molecule has 0 saturated heterocycles. The van der Waals surface area contributed by atoms with E-state index in [-0.39, 0.29) is 11.7 Å². The summed E-state index contributed by atoms with van der Waals surface area (Å²) < 4.78 is 75.7. The minimum absolute atomic E-state index is 0.0603. The lowest BCUT2D eigenvalue weighted by Crippen LogP contribution is -2.43. The highest BCUT2D eigenvalue weighted by molar-refractivity contribution is 5.84. The van der Waals surface area contributed by atoms with Crippen LogP contribution >= 0.6 is 0 Å². The molecule has 0 aliphatic carbocycles. The van der Waals surface area contributed by atoms with E-state index in [2.05, 4.69) is 5.10 Å². The molecular weight excluding hydrogens is 302 g/mol. The van der Waals surface area contributed by atoms with E-state index in [0.717, 1.165) is 0 Å². The van der Waals surface area contributed by atoms with E-state index in [1.54, 1.807) is 6.92 Å². The topological polar surface area (TPSA) is 34.9 Å². The maximum atomic E-state index is 12.4. The summed E-state index contributed by atoms with van der Waals surface area (Å²) in [5, 5.41) is 3.83. The zero-order valence-corrected chi connectivity index (χ0v) is 11.3. The van der Waals surface area contributed by atoms with Gasteiger partial charge in [-0.15, -0.1) is 0 Å². The molecule has 0 fully saturated rings. The minimum Gasteiger partial charge on any atom is -0.298 e. The van der Waals surface area contributed by atoms with E-state index in [1.807, 2.05) is 6.92 Å². The van der Waals surface area contributed by atoms with Gasteiger partial charge >= 0.3 is 12.4 Å². The average molecular weight is 316 g/mol. The highest BCUT2D eigenvalue weighted by Gasteiger charge is 2.60. The molecule has 0 bridgehead atoms. The molecule has 0 aliphatic heterocycles. The maximum absolute atomic E-state index is 12.4. The summed E-state index contributed by atoms with van der Waals surface area (Å²) in [4.78, 5) is 11.4. The molecule has 1 aromatic rings. The van der Waals surface area contributed by atoms with E-state index in [9.17, 15) is 31.1 Å². The zero-order valence-electron chi connectivity index (χ0n) is 11.3. The Hall–Kier alpha value is -1.54. The van der Waals surface area contributed by atoms with Crippen LogP contribution in [0.1, 0.15) is 32.0 Å². The van der Waals surface area contributed by atoms with Crippen molar-refractivity contribution in [2.45, 2.75) is 45.1 Å². The van der Waals surface area contributed by atoms with Crippen LogP contribution < -0.4 is 0 Å². The Bertz CT molecular complexity index is 477. The highest BCUT2D eigenvalue weighted by Crippen LogP contribution is 2.40. The Morgan fingerprint density at radius 2 is 1.76 bits per heavy atom. The quantitative estimate of drug-likeness (QED) is 0.776. The Morgan fingerprint density at radius 1 is 1.24 bits per heavy atom. The van der Waals surface area contributed by atoms with Crippen LogP contribution in [0, 0.1) is 5.92 Å². The fraction of sp³-hybridized carbons (Fsp3) is 0.667. The van der Waals surface area contributed by atoms with Gasteiger partial charge in [-0.05, 0) is 19.4 Å². The van der Waals surface area contributed by atoms with Gasteiger partial charge in [-0.25, -0.2) is 0 Å². The first-order chi connectivity index (χ1) is 9.46. The van der Waals surface area contributed by atoms with Crippen molar-refractivity contribution < 1.29 is 31.1 Å². The van der Waals surface area contributed by atoms with Crippen molar-refractivity contribution in [3.8, 4) is 0 Å². The molecule has 0 aromatic carbocycles. The summed E-state index contributed by atoms with van der Waals surface area (Å²) >= 11 is 0. The summed E-state index contributed by atoms with van der Waals surface area (Å²) in [6, 6.07) is 1.18. The summed E-state index contributed by atoms with van der Waals surface area (Å²) in [7, 11) is 0. The molecule has 0 amide bonds. The number of rotatable bonds is 5. The normalized spacial score (nSPS) is 14.5. The van der Waals surface area contributed by atoms with Crippen LogP contribution in [0.2, 0.25) is 0 Å². The molecule has 9 heteroatoms. The van der Waals surface area contributed by atoms with Gasteiger partial charge < -0.3 is 0 Å². The molecule has 21 heavy (non-hydrogen) atoms. The zero-order chi connectivity index (χ0) is 16.4. The van der Waals surface area contributed by atoms with Gasteiger partial charge in [0.15, 0.2) is 5.78 Å². The first-order valence-corrected chi connectivity index (χ1v) is 6.17. The monoisotopic (exact) mass is 316 g/mol. The molecule has 1 rings (SSSR count). The van der Waals surface area contributed by atoms with Crippen molar-refractivity contribution in [2.24, 2.45) is 5.92 Å². The molecule has 1 heterocycles. The van der Waals surface area contributed by atoms with E-state index in [4.69, 9.17) is 0 Å². The van der Waals surface area contributed by atoms with Crippen LogP contribution in [0.15, 0.2) is 12.3 Å². The first kappa shape index (κ1) is 17.5. The summed E-state index contributed by atoms with van der Waals surface area (Å²) in [5.74, 6) is -5.93. The molecular formula is C12H14F6N2O. The van der Waals surface area contributed by atoms with E-state index >= 15 is 0 Å². The molecule has 120 valence electrons. The van der Waals surface area contributed by atoms with Crippen LogP contribution in [-0.2, 0) is 11.2 Å². The molecule has 0 radical (unpaired) electrons. The Balaban J connectivity index is 2.90. The van der Waals surface area contributed by atoms with Gasteiger partial charge in [-0.1, -0.05) is 6.92 Å². The highest BCUT2D eigenvalue weighted by atomic mass is 19.4. The summed E-state index contributed by atoms with van der Waals surface area (Å²) in [6.07, 6.45) is -10.2. The van der Waals surface area contributed by atoms with Crippen LogP contribution in [-0.4, -0.2) is 27.9 Å². The fourth-order valence-corrected chi connectivity index (χ4v) is 1.74. The molecule has 1 atom stereocenters. The third kappa shape index (κ3) is 4.47. The third-order valence-corrected chi connectivity index (χ3v) is 3.04. The smallest absolute Gasteiger partial charge is 0.298 e. The van der Waals surface area contributed by atoms with E-state index in [1.165, 1.54) is 16.9 Å². The lowest BCUT2D eigenvalue weighted by Gasteiger charge is -2.21. The number of carbonyl (C=O) groups excluding carboxylic acids is 1. The number of hydrogen-bond donors (Lipinski definition) is 0. The second-order valence-corrected chi connectivity index (χ2v) is 4.70. The maximum Gasteiger partial charge on any atom is 0.407 e. The number of halogens is 6. The molecule has 0 aliphatic rings. The first-order valence-electron chi connectivity index (χ1n) is 6.17. The van der Waals surface area contributed by atoms with Crippen molar-refractivity contribution in [3.05, 3.63) is 18.0 Å². The Morgan fingerprint density at radius 3 is 2.19 bits per heavy atom. The second kappa shape index (κ2) is 6.07. The minimum atomic E-state index is -5.66. The summed E-state index contributed by atoms with van der Waals surface area (Å²) in [5.41, 5.74) is -0.112. The van der Waals surface area contributed by atoms with Crippen molar-refractivity contribution >= 4 is 5.78 Å². The largest absolute Gasteiger partial charge is 0.407 e. The Kier molecular flexibility index (Phi) is 5.06. The van der Waals surface area contributed by atoms with Gasteiger partial charge in [0.05, 0.1) is 12.1 Å². The van der Waals surface area contributed by atoms with Gasteiger partial charge in [0, 0.05) is 12.2 Å². The van der Waals surface area contributed by atoms with Gasteiger partial charge in [-0.2, -0.15) is 31.4 Å². The fourth-order valence-electron chi connectivity index (χ4n) is 1.74. The van der Waals surface area contributed by atoms with Crippen LogP contribution in [0.5, 0.6) is 0 Å².